The second kappa shape index (κ2) is 9.28. The highest BCUT2D eigenvalue weighted by Gasteiger charge is 2.38. The van der Waals surface area contributed by atoms with Gasteiger partial charge < -0.3 is 19.7 Å². The first kappa shape index (κ1) is 22.6. The Kier molecular flexibility index (Phi) is 5.98. The van der Waals surface area contributed by atoms with Crippen LogP contribution in [0.4, 0.5) is 11.5 Å². The molecule has 184 valence electrons. The molecule has 0 aliphatic carbocycles. The third-order valence-corrected chi connectivity index (χ3v) is 8.21. The van der Waals surface area contributed by atoms with Gasteiger partial charge in [0.25, 0.3) is 0 Å². The number of nitrogens with one attached hydrogen (secondary N) is 1. The molecule has 4 aliphatic heterocycles. The van der Waals surface area contributed by atoms with Crippen LogP contribution in [0.3, 0.4) is 0 Å². The van der Waals surface area contributed by atoms with Crippen LogP contribution in [0.5, 0.6) is 5.75 Å². The largest absolute Gasteiger partial charge is 0.486 e. The van der Waals surface area contributed by atoms with Gasteiger partial charge in [0.1, 0.15) is 18.2 Å². The monoisotopic (exact) mass is 474 g/mol. The summed E-state index contributed by atoms with van der Waals surface area (Å²) in [5.41, 5.74) is 6.03. The number of fused-ring (bicyclic) bond motifs is 2. The van der Waals surface area contributed by atoms with Crippen molar-refractivity contribution in [1.82, 2.24) is 14.8 Å². The van der Waals surface area contributed by atoms with Gasteiger partial charge in [-0.3, -0.25) is 9.69 Å². The molecule has 0 bridgehead atoms. The number of pyridine rings is 1. The lowest BCUT2D eigenvalue weighted by Gasteiger charge is -2.43. The molecule has 6 rings (SSSR count). The number of aromatic nitrogens is 1. The molecule has 2 aromatic rings. The third kappa shape index (κ3) is 4.21. The molecular formula is C28H34N4O3. The summed E-state index contributed by atoms with van der Waals surface area (Å²) in [6.45, 7) is 11.6. The van der Waals surface area contributed by atoms with E-state index < -0.39 is 0 Å². The highest BCUT2D eigenvalue weighted by Crippen LogP contribution is 2.42. The highest BCUT2D eigenvalue weighted by atomic mass is 16.5. The molecule has 7 nitrogen and oxygen atoms in total. The van der Waals surface area contributed by atoms with Crippen LogP contribution < -0.4 is 10.1 Å². The molecular weight excluding hydrogens is 440 g/mol. The van der Waals surface area contributed by atoms with Gasteiger partial charge in [-0.15, -0.1) is 0 Å². The maximum Gasteiger partial charge on any atom is 0.246 e. The van der Waals surface area contributed by atoms with Gasteiger partial charge in [-0.25, -0.2) is 4.98 Å². The number of carbonyl (C=O) groups is 1. The molecule has 0 unspecified atom stereocenters. The summed E-state index contributed by atoms with van der Waals surface area (Å²) in [5.74, 6) is 2.88. The van der Waals surface area contributed by atoms with Crippen LogP contribution in [-0.4, -0.2) is 66.1 Å². The van der Waals surface area contributed by atoms with E-state index in [1.807, 2.05) is 11.1 Å². The fraction of sp³-hybridized carbons (Fsp3) is 0.500. The van der Waals surface area contributed by atoms with Gasteiger partial charge in [0.2, 0.25) is 5.91 Å². The molecule has 0 radical (unpaired) electrons. The van der Waals surface area contributed by atoms with E-state index in [4.69, 9.17) is 14.5 Å². The number of aryl methyl sites for hydroxylation is 1. The Morgan fingerprint density at radius 1 is 1.17 bits per heavy atom. The zero-order valence-electron chi connectivity index (χ0n) is 20.5. The van der Waals surface area contributed by atoms with Crippen LogP contribution in [0, 0.1) is 6.92 Å². The summed E-state index contributed by atoms with van der Waals surface area (Å²) in [5, 5.41) is 3.62. The van der Waals surface area contributed by atoms with Crippen molar-refractivity contribution in [3.63, 3.8) is 0 Å². The van der Waals surface area contributed by atoms with E-state index in [0.717, 1.165) is 81.5 Å². The topological polar surface area (TPSA) is 66.9 Å². The second-order valence-electron chi connectivity index (χ2n) is 10.3. The molecule has 1 N–H and O–H groups in total. The summed E-state index contributed by atoms with van der Waals surface area (Å²) in [4.78, 5) is 21.1. The number of likely N-dealkylation sites (tertiary alicyclic amines) is 2. The Balaban J connectivity index is 1.18. The summed E-state index contributed by atoms with van der Waals surface area (Å²) in [7, 11) is 0. The van der Waals surface area contributed by atoms with Crippen LogP contribution in [0.25, 0.3) is 0 Å². The summed E-state index contributed by atoms with van der Waals surface area (Å²) in [6, 6.07) is 7.15. The number of hydrogen-bond donors (Lipinski definition) is 1. The number of ether oxygens (including phenoxy) is 2. The molecule has 1 aromatic heterocycles. The van der Waals surface area contributed by atoms with Crippen molar-refractivity contribution < 1.29 is 14.3 Å². The number of nitrogens with zero attached hydrogens (tertiary/aromatic N) is 3. The third-order valence-electron chi connectivity index (χ3n) is 8.21. The minimum absolute atomic E-state index is 0.0471. The molecule has 4 aliphatic rings. The van der Waals surface area contributed by atoms with E-state index >= 15 is 0 Å². The summed E-state index contributed by atoms with van der Waals surface area (Å²) >= 11 is 0. The smallest absolute Gasteiger partial charge is 0.246 e. The van der Waals surface area contributed by atoms with E-state index in [1.54, 1.807) is 0 Å². The van der Waals surface area contributed by atoms with Gasteiger partial charge in [-0.2, -0.15) is 0 Å². The number of rotatable bonds is 4. The van der Waals surface area contributed by atoms with Gasteiger partial charge in [-0.1, -0.05) is 12.6 Å². The molecule has 3 saturated heterocycles. The Bertz CT molecular complexity index is 1140. The van der Waals surface area contributed by atoms with Crippen molar-refractivity contribution in [2.75, 3.05) is 44.7 Å². The molecule has 5 heterocycles. The van der Waals surface area contributed by atoms with Crippen LogP contribution in [0.2, 0.25) is 0 Å². The maximum absolute atomic E-state index is 11.9. The van der Waals surface area contributed by atoms with Crippen molar-refractivity contribution in [3.8, 4) is 5.75 Å². The van der Waals surface area contributed by atoms with E-state index in [2.05, 4.69) is 41.9 Å². The van der Waals surface area contributed by atoms with Gasteiger partial charge >= 0.3 is 0 Å². The normalized spacial score (nSPS) is 22.9. The number of benzene rings is 1. The minimum atomic E-state index is 0.0471. The molecule has 0 spiro atoms. The lowest BCUT2D eigenvalue weighted by molar-refractivity contribution is -0.125. The molecule has 7 heteroatoms. The first-order chi connectivity index (χ1) is 17.1. The Morgan fingerprint density at radius 2 is 2.00 bits per heavy atom. The predicted molar refractivity (Wildman–Crippen MR) is 135 cm³/mol. The van der Waals surface area contributed by atoms with Crippen molar-refractivity contribution >= 4 is 17.4 Å². The lowest BCUT2D eigenvalue weighted by atomic mass is 9.88. The Morgan fingerprint density at radius 3 is 2.80 bits per heavy atom. The number of amides is 1. The average molecular weight is 475 g/mol. The standard InChI is InChI=1S/C28H34N4O3/c1-3-26(33)31-9-5-22(16-31)32-14-21(15-32)20-12-18(2)27-25(13-20)30-28-24(17-35-27)23(4-8-29-28)19-6-10-34-11-7-19/h3-4,8,12-13,19,21-22H,1,5-7,9-11,14-17H2,2H3,(H,29,30)/t22-/m0/s1. The quantitative estimate of drug-likeness (QED) is 0.673. The molecule has 35 heavy (non-hydrogen) atoms. The number of carbonyl (C=O) groups excluding carboxylic acids is 1. The van der Waals surface area contributed by atoms with Crippen LogP contribution in [0.15, 0.2) is 37.1 Å². The van der Waals surface area contributed by atoms with Crippen molar-refractivity contribution in [3.05, 3.63) is 59.3 Å². The number of anilines is 2. The minimum Gasteiger partial charge on any atom is -0.486 e. The van der Waals surface area contributed by atoms with Crippen molar-refractivity contribution in [2.24, 2.45) is 0 Å². The number of hydrogen-bond acceptors (Lipinski definition) is 6. The average Bonchev–Trinajstić information content (AvgIpc) is 3.24. The lowest BCUT2D eigenvalue weighted by Crippen LogP contribution is -2.51. The summed E-state index contributed by atoms with van der Waals surface area (Å²) in [6.07, 6.45) is 6.48. The van der Waals surface area contributed by atoms with Gasteiger partial charge in [0, 0.05) is 63.1 Å². The van der Waals surface area contributed by atoms with Crippen molar-refractivity contribution in [1.29, 1.82) is 0 Å². The van der Waals surface area contributed by atoms with Gasteiger partial charge in [0.05, 0.1) is 5.69 Å². The van der Waals surface area contributed by atoms with Crippen LogP contribution in [0.1, 0.15) is 53.4 Å². The fourth-order valence-corrected chi connectivity index (χ4v) is 6.14. The predicted octanol–water partition coefficient (Wildman–Crippen LogP) is 4.11. The van der Waals surface area contributed by atoms with Crippen LogP contribution in [-0.2, 0) is 16.1 Å². The molecule has 1 atom stereocenters. The van der Waals surface area contributed by atoms with Crippen LogP contribution >= 0.6 is 0 Å². The molecule has 0 saturated carbocycles. The van der Waals surface area contributed by atoms with Crippen molar-refractivity contribution in [2.45, 2.75) is 50.7 Å². The molecule has 3 fully saturated rings. The van der Waals surface area contributed by atoms with E-state index in [-0.39, 0.29) is 5.91 Å². The van der Waals surface area contributed by atoms with E-state index in [0.29, 0.717) is 24.5 Å². The highest BCUT2D eigenvalue weighted by molar-refractivity contribution is 5.87. The Labute approximate surface area is 207 Å². The van der Waals surface area contributed by atoms with Gasteiger partial charge in [0.15, 0.2) is 0 Å². The molecule has 1 amide bonds. The van der Waals surface area contributed by atoms with E-state index in [1.165, 1.54) is 22.8 Å². The zero-order valence-corrected chi connectivity index (χ0v) is 20.5. The molecule has 1 aromatic carbocycles. The summed E-state index contributed by atoms with van der Waals surface area (Å²) < 4.78 is 12.0. The first-order valence-corrected chi connectivity index (χ1v) is 12.9. The Hall–Kier alpha value is -2.90. The fourth-order valence-electron chi connectivity index (χ4n) is 6.14. The van der Waals surface area contributed by atoms with E-state index in [9.17, 15) is 4.79 Å². The van der Waals surface area contributed by atoms with Gasteiger partial charge in [-0.05, 0) is 67.0 Å². The SMILES string of the molecule is C=CC(=O)N1CC[C@H](N2CC(c3cc(C)c4c(c3)Nc3nccc(C5CCOCC5)c3CO4)C2)C1. The second-order valence-corrected chi connectivity index (χ2v) is 10.3. The first-order valence-electron chi connectivity index (χ1n) is 12.9. The zero-order chi connectivity index (χ0) is 23.9. The maximum atomic E-state index is 11.9.